The van der Waals surface area contributed by atoms with E-state index >= 15 is 0 Å². The van der Waals surface area contributed by atoms with Gasteiger partial charge < -0.3 is 0 Å². The summed E-state index contributed by atoms with van der Waals surface area (Å²) < 4.78 is 0. The molecule has 0 saturated carbocycles. The molecule has 0 bridgehead atoms. The Morgan fingerprint density at radius 2 is 0.909 bits per heavy atom. The van der Waals surface area contributed by atoms with Crippen molar-refractivity contribution in [2.24, 2.45) is 0 Å². The summed E-state index contributed by atoms with van der Waals surface area (Å²) in [7, 11) is 0. The molecule has 0 aliphatic carbocycles. The van der Waals surface area contributed by atoms with E-state index in [-0.39, 0.29) is 0 Å². The highest BCUT2D eigenvalue weighted by atomic mass is 14.2. The van der Waals surface area contributed by atoms with Crippen molar-refractivity contribution in [2.75, 3.05) is 0 Å². The zero-order valence-corrected chi connectivity index (χ0v) is 20.0. The third-order valence-electron chi connectivity index (χ3n) is 7.24. The fraction of sp³-hybridized carbons (Fsp3) is 0.212. The summed E-state index contributed by atoms with van der Waals surface area (Å²) in [6.45, 7) is 6.89. The van der Waals surface area contributed by atoms with Crippen LogP contribution in [0.2, 0.25) is 0 Å². The molecule has 5 rings (SSSR count). The lowest BCUT2D eigenvalue weighted by atomic mass is 9.82. The van der Waals surface area contributed by atoms with Gasteiger partial charge in [0.05, 0.1) is 0 Å². The van der Waals surface area contributed by atoms with Crippen molar-refractivity contribution in [2.45, 2.75) is 46.5 Å². The third-order valence-corrected chi connectivity index (χ3v) is 7.24. The summed E-state index contributed by atoms with van der Waals surface area (Å²) in [5.74, 6) is 0. The lowest BCUT2D eigenvalue weighted by Crippen LogP contribution is -2.03. The first kappa shape index (κ1) is 21.5. The highest BCUT2D eigenvalue weighted by Crippen LogP contribution is 2.39. The summed E-state index contributed by atoms with van der Waals surface area (Å²) in [4.78, 5) is 0. The summed E-state index contributed by atoms with van der Waals surface area (Å²) in [6.07, 6.45) is 4.25. The van der Waals surface area contributed by atoms with E-state index in [1.165, 1.54) is 60.5 Å². The maximum atomic E-state index is 2.39. The van der Waals surface area contributed by atoms with Crippen LogP contribution in [-0.4, -0.2) is 0 Å². The lowest BCUT2D eigenvalue weighted by molar-refractivity contribution is 0.964. The smallest absolute Gasteiger partial charge is 0.0108 e. The average Bonchev–Trinajstić information content (AvgIpc) is 2.85. The van der Waals surface area contributed by atoms with Crippen LogP contribution >= 0.6 is 0 Å². The predicted octanol–water partition coefficient (Wildman–Crippen LogP) is 8.49. The molecule has 0 atom stereocenters. The molecule has 0 unspecified atom stereocenters. The Balaban J connectivity index is 1.72. The van der Waals surface area contributed by atoms with Crippen LogP contribution in [-0.2, 0) is 25.7 Å². The Morgan fingerprint density at radius 3 is 1.42 bits per heavy atom. The highest BCUT2D eigenvalue weighted by Gasteiger charge is 2.18. The van der Waals surface area contributed by atoms with Crippen LogP contribution in [0, 0.1) is 20.8 Å². The first-order chi connectivity index (χ1) is 16.1. The minimum atomic E-state index is 1.06. The van der Waals surface area contributed by atoms with Crippen molar-refractivity contribution < 1.29 is 0 Å². The highest BCUT2D eigenvalue weighted by molar-refractivity contribution is 6.08. The van der Waals surface area contributed by atoms with Crippen LogP contribution in [0.15, 0.2) is 91.0 Å². The van der Waals surface area contributed by atoms with Crippen molar-refractivity contribution in [3.8, 4) is 0 Å². The number of benzene rings is 5. The molecule has 0 radical (unpaired) electrons. The Labute approximate surface area is 197 Å². The molecular weight excluding hydrogens is 396 g/mol. The maximum absolute atomic E-state index is 2.39. The van der Waals surface area contributed by atoms with Gasteiger partial charge in [-0.3, -0.25) is 0 Å². The van der Waals surface area contributed by atoms with Crippen molar-refractivity contribution in [1.29, 1.82) is 0 Å². The molecule has 0 fully saturated rings. The van der Waals surface area contributed by atoms with Crippen LogP contribution in [0.3, 0.4) is 0 Å². The van der Waals surface area contributed by atoms with E-state index in [9.17, 15) is 0 Å². The van der Waals surface area contributed by atoms with E-state index in [0.717, 1.165) is 25.7 Å². The van der Waals surface area contributed by atoms with E-state index in [2.05, 4.69) is 112 Å². The van der Waals surface area contributed by atoms with Gasteiger partial charge in [-0.25, -0.2) is 0 Å². The normalized spacial score (nSPS) is 11.4. The fourth-order valence-corrected chi connectivity index (χ4v) is 5.48. The topological polar surface area (TPSA) is 0 Å². The molecule has 0 saturated heterocycles. The molecule has 164 valence electrons. The van der Waals surface area contributed by atoms with Crippen molar-refractivity contribution >= 4 is 21.5 Å². The summed E-state index contributed by atoms with van der Waals surface area (Å²) in [5.41, 5.74) is 10.1. The number of rotatable bonds is 6. The van der Waals surface area contributed by atoms with Crippen molar-refractivity contribution in [1.82, 2.24) is 0 Å². The molecule has 0 aliphatic rings. The van der Waals surface area contributed by atoms with E-state index in [4.69, 9.17) is 0 Å². The Bertz CT molecular complexity index is 1410. The molecule has 0 heteroatoms. The van der Waals surface area contributed by atoms with Crippen molar-refractivity contribution in [3.05, 3.63) is 130 Å². The van der Waals surface area contributed by atoms with E-state index in [0.29, 0.717) is 0 Å². The van der Waals surface area contributed by atoms with E-state index in [1.54, 1.807) is 0 Å². The van der Waals surface area contributed by atoms with Gasteiger partial charge in [0.2, 0.25) is 0 Å². The molecule has 0 spiro atoms. The SMILES string of the molecule is Cc1cc(C)c2c(CCc3ccccc3)c3ccccc3c(CCc3ccccc3)c2c1C. The minimum absolute atomic E-state index is 1.06. The number of fused-ring (bicyclic) bond motifs is 2. The summed E-state index contributed by atoms with van der Waals surface area (Å²) in [6, 6.07) is 33.3. The fourth-order valence-electron chi connectivity index (χ4n) is 5.48. The Hall–Kier alpha value is -3.38. The third kappa shape index (κ3) is 4.18. The second-order valence-corrected chi connectivity index (χ2v) is 9.36. The van der Waals surface area contributed by atoms with E-state index in [1.807, 2.05) is 0 Å². The van der Waals surface area contributed by atoms with Gasteiger partial charge in [0, 0.05) is 0 Å². The van der Waals surface area contributed by atoms with Crippen LogP contribution < -0.4 is 0 Å². The quantitative estimate of drug-likeness (QED) is 0.238. The first-order valence-corrected chi connectivity index (χ1v) is 12.1. The Morgan fingerprint density at radius 1 is 0.455 bits per heavy atom. The summed E-state index contributed by atoms with van der Waals surface area (Å²) >= 11 is 0. The molecule has 0 nitrogen and oxygen atoms in total. The van der Waals surface area contributed by atoms with Gasteiger partial charge in [0.15, 0.2) is 0 Å². The summed E-state index contributed by atoms with van der Waals surface area (Å²) in [5, 5.41) is 5.83. The standard InChI is InChI=1S/C33H32/c1-23-22-24(2)32-30(20-18-26-12-6-4-7-13-26)28-16-10-11-17-29(28)31(33(32)25(23)3)21-19-27-14-8-5-9-15-27/h4-17,22H,18-21H2,1-3H3. The molecule has 5 aromatic rings. The molecular formula is C33H32. The zero-order valence-electron chi connectivity index (χ0n) is 20.0. The minimum Gasteiger partial charge on any atom is -0.0622 e. The monoisotopic (exact) mass is 428 g/mol. The first-order valence-electron chi connectivity index (χ1n) is 12.1. The van der Waals surface area contributed by atoms with Gasteiger partial charge in [-0.1, -0.05) is 91.0 Å². The van der Waals surface area contributed by atoms with Gasteiger partial charge in [0.1, 0.15) is 0 Å². The molecule has 33 heavy (non-hydrogen) atoms. The van der Waals surface area contributed by atoms with Crippen LogP contribution in [0.4, 0.5) is 0 Å². The molecule has 0 aromatic heterocycles. The molecule has 0 N–H and O–H groups in total. The van der Waals surface area contributed by atoms with Gasteiger partial charge >= 0.3 is 0 Å². The maximum Gasteiger partial charge on any atom is -0.0108 e. The zero-order chi connectivity index (χ0) is 22.8. The molecule has 0 aliphatic heterocycles. The van der Waals surface area contributed by atoms with Crippen LogP contribution in [0.25, 0.3) is 21.5 Å². The second-order valence-electron chi connectivity index (χ2n) is 9.36. The average molecular weight is 429 g/mol. The number of aryl methyl sites for hydroxylation is 7. The predicted molar refractivity (Wildman–Crippen MR) is 143 cm³/mol. The number of hydrogen-bond acceptors (Lipinski definition) is 0. The molecule has 0 amide bonds. The van der Waals surface area contributed by atoms with Gasteiger partial charge in [-0.2, -0.15) is 0 Å². The van der Waals surface area contributed by atoms with Gasteiger partial charge in [0.25, 0.3) is 0 Å². The van der Waals surface area contributed by atoms with E-state index < -0.39 is 0 Å². The van der Waals surface area contributed by atoms with Crippen molar-refractivity contribution in [3.63, 3.8) is 0 Å². The van der Waals surface area contributed by atoms with Gasteiger partial charge in [-0.15, -0.1) is 0 Å². The Kier molecular flexibility index (Phi) is 6.01. The largest absolute Gasteiger partial charge is 0.0622 e. The molecule has 0 heterocycles. The van der Waals surface area contributed by atoms with Gasteiger partial charge in [-0.05, 0) is 107 Å². The lowest BCUT2D eigenvalue weighted by Gasteiger charge is -2.21. The number of hydrogen-bond donors (Lipinski definition) is 0. The second kappa shape index (κ2) is 9.24. The molecule has 5 aromatic carbocycles. The van der Waals surface area contributed by atoms with Crippen LogP contribution in [0.1, 0.15) is 38.9 Å². The van der Waals surface area contributed by atoms with Crippen LogP contribution in [0.5, 0.6) is 0 Å².